The van der Waals surface area contributed by atoms with Crippen LogP contribution in [-0.4, -0.2) is 16.1 Å². The molecule has 3 nitrogen and oxygen atoms in total. The van der Waals surface area contributed by atoms with E-state index in [9.17, 15) is 0 Å². The zero-order valence-electron chi connectivity index (χ0n) is 10.5. The zero-order valence-corrected chi connectivity index (χ0v) is 10.5. The van der Waals surface area contributed by atoms with E-state index in [2.05, 4.69) is 44.2 Å². The maximum Gasteiger partial charge on any atom is 0.0947 e. The molecule has 0 aliphatic carbocycles. The minimum atomic E-state index is 0.198. The molecule has 1 aromatic rings. The summed E-state index contributed by atoms with van der Waals surface area (Å²) in [4.78, 5) is 4.44. The predicted molar refractivity (Wildman–Crippen MR) is 63.7 cm³/mol. The third kappa shape index (κ3) is 3.34. The van der Waals surface area contributed by atoms with Crippen molar-refractivity contribution in [1.82, 2.24) is 14.9 Å². The van der Waals surface area contributed by atoms with E-state index in [1.807, 2.05) is 17.9 Å². The molecule has 0 aliphatic rings. The maximum atomic E-state index is 4.44. The monoisotopic (exact) mass is 209 g/mol. The van der Waals surface area contributed by atoms with Gasteiger partial charge in [-0.15, -0.1) is 0 Å². The van der Waals surface area contributed by atoms with E-state index < -0.39 is 0 Å². The second kappa shape index (κ2) is 4.79. The Labute approximate surface area is 92.9 Å². The van der Waals surface area contributed by atoms with Gasteiger partial charge in [-0.25, -0.2) is 4.98 Å². The smallest absolute Gasteiger partial charge is 0.0947 e. The lowest BCUT2D eigenvalue weighted by Crippen LogP contribution is -2.33. The van der Waals surface area contributed by atoms with Crippen LogP contribution in [0.4, 0.5) is 0 Å². The molecule has 1 heterocycles. The molecule has 0 saturated heterocycles. The highest BCUT2D eigenvalue weighted by molar-refractivity contribution is 5.07. The third-order valence-electron chi connectivity index (χ3n) is 2.49. The first-order chi connectivity index (χ1) is 6.95. The summed E-state index contributed by atoms with van der Waals surface area (Å²) in [6.45, 7) is 9.96. The number of imidazole rings is 1. The van der Waals surface area contributed by atoms with Crippen LogP contribution in [0, 0.1) is 5.41 Å². The molecule has 15 heavy (non-hydrogen) atoms. The molecule has 0 saturated carbocycles. The van der Waals surface area contributed by atoms with Gasteiger partial charge in [-0.1, -0.05) is 27.7 Å². The number of hydrogen-bond donors (Lipinski definition) is 1. The Morgan fingerprint density at radius 2 is 2.13 bits per heavy atom. The zero-order chi connectivity index (χ0) is 11.5. The quantitative estimate of drug-likeness (QED) is 0.825. The van der Waals surface area contributed by atoms with Crippen molar-refractivity contribution in [3.63, 3.8) is 0 Å². The highest BCUT2D eigenvalue weighted by atomic mass is 15.0. The van der Waals surface area contributed by atoms with Crippen molar-refractivity contribution in [2.75, 3.05) is 6.54 Å². The van der Waals surface area contributed by atoms with E-state index >= 15 is 0 Å². The molecule has 0 aromatic carbocycles. The van der Waals surface area contributed by atoms with Crippen molar-refractivity contribution in [3.05, 3.63) is 18.2 Å². The fraction of sp³-hybridized carbons (Fsp3) is 0.750. The summed E-state index contributed by atoms with van der Waals surface area (Å²) in [5, 5.41) is 3.56. The van der Waals surface area contributed by atoms with Gasteiger partial charge >= 0.3 is 0 Å². The summed E-state index contributed by atoms with van der Waals surface area (Å²) in [6.07, 6.45) is 5.11. The standard InChI is InChI=1S/C12H23N3/c1-6-7-13-11(12(2,3)4)10-8-15(5)9-14-10/h8-9,11,13H,6-7H2,1-5H3. The van der Waals surface area contributed by atoms with Crippen LogP contribution >= 0.6 is 0 Å². The summed E-state index contributed by atoms with van der Waals surface area (Å²) < 4.78 is 2.00. The molecule has 1 aromatic heterocycles. The number of aromatic nitrogens is 2. The number of rotatable bonds is 4. The highest BCUT2D eigenvalue weighted by Crippen LogP contribution is 2.31. The number of aryl methyl sites for hydroxylation is 1. The third-order valence-corrected chi connectivity index (χ3v) is 2.49. The van der Waals surface area contributed by atoms with Gasteiger partial charge in [0.15, 0.2) is 0 Å². The lowest BCUT2D eigenvalue weighted by atomic mass is 9.85. The van der Waals surface area contributed by atoms with Gasteiger partial charge in [0.1, 0.15) is 0 Å². The van der Waals surface area contributed by atoms with E-state index in [1.165, 1.54) is 0 Å². The molecule has 1 rings (SSSR count). The lowest BCUT2D eigenvalue weighted by molar-refractivity contribution is 0.268. The van der Waals surface area contributed by atoms with Gasteiger partial charge in [-0.3, -0.25) is 0 Å². The lowest BCUT2D eigenvalue weighted by Gasteiger charge is -2.30. The SMILES string of the molecule is CCCNC(c1cn(C)cn1)C(C)(C)C. The molecule has 0 fully saturated rings. The van der Waals surface area contributed by atoms with Crippen LogP contribution in [0.25, 0.3) is 0 Å². The molecule has 86 valence electrons. The molecule has 1 atom stereocenters. The molecule has 0 aliphatic heterocycles. The van der Waals surface area contributed by atoms with E-state index in [0.29, 0.717) is 6.04 Å². The van der Waals surface area contributed by atoms with Crippen molar-refractivity contribution >= 4 is 0 Å². The minimum Gasteiger partial charge on any atom is -0.340 e. The Bertz CT molecular complexity index is 296. The summed E-state index contributed by atoms with van der Waals surface area (Å²) in [7, 11) is 2.01. The van der Waals surface area contributed by atoms with Gasteiger partial charge < -0.3 is 9.88 Å². The highest BCUT2D eigenvalue weighted by Gasteiger charge is 2.27. The Kier molecular flexibility index (Phi) is 3.91. The summed E-state index contributed by atoms with van der Waals surface area (Å²) in [6, 6.07) is 0.332. The first-order valence-corrected chi connectivity index (χ1v) is 5.66. The molecule has 3 heteroatoms. The molecule has 0 amide bonds. The van der Waals surface area contributed by atoms with Gasteiger partial charge in [0.05, 0.1) is 18.1 Å². The fourth-order valence-electron chi connectivity index (χ4n) is 1.73. The Morgan fingerprint density at radius 3 is 2.53 bits per heavy atom. The normalized spacial score (nSPS) is 14.2. The van der Waals surface area contributed by atoms with E-state index in [1.54, 1.807) is 0 Å². The first kappa shape index (κ1) is 12.2. The molecule has 1 unspecified atom stereocenters. The van der Waals surface area contributed by atoms with Crippen LogP contribution in [0.15, 0.2) is 12.5 Å². The molecule has 1 N–H and O–H groups in total. The van der Waals surface area contributed by atoms with Gasteiger partial charge in [0.2, 0.25) is 0 Å². The van der Waals surface area contributed by atoms with Crippen LogP contribution in [0.3, 0.4) is 0 Å². The second-order valence-corrected chi connectivity index (χ2v) is 5.22. The summed E-state index contributed by atoms with van der Waals surface area (Å²) >= 11 is 0. The average molecular weight is 209 g/mol. The summed E-state index contributed by atoms with van der Waals surface area (Å²) in [5.41, 5.74) is 1.34. The molecule has 0 bridgehead atoms. The van der Waals surface area contributed by atoms with Gasteiger partial charge in [-0.2, -0.15) is 0 Å². The second-order valence-electron chi connectivity index (χ2n) is 5.22. The largest absolute Gasteiger partial charge is 0.340 e. The number of hydrogen-bond acceptors (Lipinski definition) is 2. The Balaban J connectivity index is 2.81. The Hall–Kier alpha value is -0.830. The Morgan fingerprint density at radius 1 is 1.47 bits per heavy atom. The van der Waals surface area contributed by atoms with Gasteiger partial charge in [0.25, 0.3) is 0 Å². The fourth-order valence-corrected chi connectivity index (χ4v) is 1.73. The van der Waals surface area contributed by atoms with Gasteiger partial charge in [0, 0.05) is 13.2 Å². The van der Waals surface area contributed by atoms with Crippen LogP contribution in [0.5, 0.6) is 0 Å². The van der Waals surface area contributed by atoms with Crippen LogP contribution in [0.2, 0.25) is 0 Å². The first-order valence-electron chi connectivity index (χ1n) is 5.66. The van der Waals surface area contributed by atoms with E-state index in [-0.39, 0.29) is 5.41 Å². The molecule has 0 radical (unpaired) electrons. The molecular weight excluding hydrogens is 186 g/mol. The van der Waals surface area contributed by atoms with Crippen molar-refractivity contribution in [3.8, 4) is 0 Å². The van der Waals surface area contributed by atoms with Crippen molar-refractivity contribution < 1.29 is 0 Å². The van der Waals surface area contributed by atoms with E-state index in [0.717, 1.165) is 18.7 Å². The molecule has 0 spiro atoms. The van der Waals surface area contributed by atoms with Crippen molar-refractivity contribution in [1.29, 1.82) is 0 Å². The van der Waals surface area contributed by atoms with Gasteiger partial charge in [-0.05, 0) is 18.4 Å². The summed E-state index contributed by atoms with van der Waals surface area (Å²) in [5.74, 6) is 0. The van der Waals surface area contributed by atoms with E-state index in [4.69, 9.17) is 0 Å². The molecular formula is C12H23N3. The minimum absolute atomic E-state index is 0.198. The topological polar surface area (TPSA) is 29.9 Å². The van der Waals surface area contributed by atoms with Crippen LogP contribution in [0.1, 0.15) is 45.9 Å². The maximum absolute atomic E-state index is 4.44. The predicted octanol–water partition coefficient (Wildman–Crippen LogP) is 2.51. The average Bonchev–Trinajstić information content (AvgIpc) is 2.50. The number of nitrogens with one attached hydrogen (secondary N) is 1. The number of nitrogens with zero attached hydrogens (tertiary/aromatic N) is 2. The van der Waals surface area contributed by atoms with Crippen LogP contribution in [-0.2, 0) is 7.05 Å². The van der Waals surface area contributed by atoms with Crippen LogP contribution < -0.4 is 5.32 Å². The van der Waals surface area contributed by atoms with Crippen molar-refractivity contribution in [2.24, 2.45) is 12.5 Å². The van der Waals surface area contributed by atoms with Crippen molar-refractivity contribution in [2.45, 2.75) is 40.2 Å².